The fourth-order valence-electron chi connectivity index (χ4n) is 1.11. The largest absolute Gasteiger partial charge is 0.478 e. The van der Waals surface area contributed by atoms with Crippen molar-refractivity contribution in [3.8, 4) is 0 Å². The van der Waals surface area contributed by atoms with E-state index in [2.05, 4.69) is 0 Å². The van der Waals surface area contributed by atoms with E-state index < -0.39 is 29.2 Å². The van der Waals surface area contributed by atoms with Gasteiger partial charge < -0.3 is 5.11 Å². The van der Waals surface area contributed by atoms with Gasteiger partial charge in [0.15, 0.2) is 0 Å². The van der Waals surface area contributed by atoms with Crippen molar-refractivity contribution >= 4 is 5.97 Å². The van der Waals surface area contributed by atoms with Crippen LogP contribution in [0.25, 0.3) is 0 Å². The van der Waals surface area contributed by atoms with E-state index in [4.69, 9.17) is 5.11 Å². The second-order valence-corrected chi connectivity index (χ2v) is 2.97. The predicted molar refractivity (Wildman–Crippen MR) is 42.9 cm³/mol. The number of carboxylic acids is 1. The second kappa shape index (κ2) is 3.73. The lowest BCUT2D eigenvalue weighted by atomic mass is 9.95. The van der Waals surface area contributed by atoms with Crippen molar-refractivity contribution in [1.82, 2.24) is 0 Å². The van der Waals surface area contributed by atoms with Crippen LogP contribution >= 0.6 is 0 Å². The van der Waals surface area contributed by atoms with Gasteiger partial charge in [0.2, 0.25) is 0 Å². The molecule has 0 fully saturated rings. The Kier molecular flexibility index (Phi) is 2.89. The third-order valence-corrected chi connectivity index (χ3v) is 1.91. The van der Waals surface area contributed by atoms with Crippen LogP contribution in [0.2, 0.25) is 0 Å². The summed E-state index contributed by atoms with van der Waals surface area (Å²) in [5, 5.41) is 8.30. The monoisotopic (exact) mass is 240 g/mol. The number of halogens is 5. The summed E-state index contributed by atoms with van der Waals surface area (Å²) < 4.78 is 62.9. The maximum atomic E-state index is 13.4. The maximum Gasteiger partial charge on any atom is 0.437 e. The van der Waals surface area contributed by atoms with Gasteiger partial charge in [-0.15, -0.1) is 0 Å². The zero-order chi connectivity index (χ0) is 12.6. The Morgan fingerprint density at radius 2 is 1.75 bits per heavy atom. The van der Waals surface area contributed by atoms with Crippen molar-refractivity contribution < 1.29 is 31.9 Å². The van der Waals surface area contributed by atoms with E-state index in [1.54, 1.807) is 0 Å². The van der Waals surface area contributed by atoms with E-state index in [-0.39, 0.29) is 6.07 Å². The zero-order valence-corrected chi connectivity index (χ0v) is 7.55. The first kappa shape index (κ1) is 12.4. The van der Waals surface area contributed by atoms with Gasteiger partial charge in [0.1, 0.15) is 5.82 Å². The molecule has 0 bridgehead atoms. The van der Waals surface area contributed by atoms with Crippen molar-refractivity contribution in [3.05, 3.63) is 35.6 Å². The quantitative estimate of drug-likeness (QED) is 0.807. The number of rotatable bonds is 2. The van der Waals surface area contributed by atoms with Crippen LogP contribution in [-0.4, -0.2) is 17.3 Å². The van der Waals surface area contributed by atoms with E-state index in [1.165, 1.54) is 0 Å². The summed E-state index contributed by atoms with van der Waals surface area (Å²) in [5.41, 5.74) is -5.90. The topological polar surface area (TPSA) is 37.3 Å². The lowest BCUT2D eigenvalue weighted by Crippen LogP contribution is -2.45. The van der Waals surface area contributed by atoms with Crippen molar-refractivity contribution in [2.45, 2.75) is 11.8 Å². The standard InChI is InChI=1S/C9H5F5O2/c10-6-3-1-2-5(4-6)8(11,7(15)16)9(12,13)14/h1-4H,(H,15,16). The van der Waals surface area contributed by atoms with E-state index in [0.717, 1.165) is 12.1 Å². The van der Waals surface area contributed by atoms with Gasteiger partial charge in [-0.25, -0.2) is 13.6 Å². The summed E-state index contributed by atoms with van der Waals surface area (Å²) in [6.07, 6.45) is -5.66. The fraction of sp³-hybridized carbons (Fsp3) is 0.222. The third-order valence-electron chi connectivity index (χ3n) is 1.91. The highest BCUT2D eigenvalue weighted by Gasteiger charge is 2.63. The molecule has 16 heavy (non-hydrogen) atoms. The summed E-state index contributed by atoms with van der Waals surface area (Å²) in [6, 6.07) is 2.34. The van der Waals surface area contributed by atoms with E-state index in [1.807, 2.05) is 0 Å². The first-order valence-corrected chi connectivity index (χ1v) is 3.94. The summed E-state index contributed by atoms with van der Waals surface area (Å²) >= 11 is 0. The molecule has 7 heteroatoms. The van der Waals surface area contributed by atoms with Crippen LogP contribution in [0.15, 0.2) is 24.3 Å². The number of carboxylic acid groups (broad SMARTS) is 1. The zero-order valence-electron chi connectivity index (χ0n) is 7.55. The molecule has 0 heterocycles. The minimum atomic E-state index is -5.66. The molecule has 1 unspecified atom stereocenters. The van der Waals surface area contributed by atoms with Crippen LogP contribution in [-0.2, 0) is 10.5 Å². The molecule has 0 saturated carbocycles. The molecule has 0 aliphatic carbocycles. The number of alkyl halides is 4. The number of benzene rings is 1. The third kappa shape index (κ3) is 1.84. The SMILES string of the molecule is O=C(O)C(F)(c1cccc(F)c1)C(F)(F)F. The molecular formula is C9H5F5O2. The van der Waals surface area contributed by atoms with Gasteiger partial charge in [0, 0.05) is 5.56 Å². The Morgan fingerprint density at radius 1 is 1.19 bits per heavy atom. The van der Waals surface area contributed by atoms with Crippen molar-refractivity contribution in [1.29, 1.82) is 0 Å². The highest BCUT2D eigenvalue weighted by molar-refractivity contribution is 5.80. The molecule has 0 aliphatic rings. The van der Waals surface area contributed by atoms with Gasteiger partial charge in [-0.3, -0.25) is 0 Å². The van der Waals surface area contributed by atoms with E-state index >= 15 is 0 Å². The summed E-state index contributed by atoms with van der Waals surface area (Å²) in [6.45, 7) is 0. The van der Waals surface area contributed by atoms with Crippen molar-refractivity contribution in [2.24, 2.45) is 0 Å². The lowest BCUT2D eigenvalue weighted by molar-refractivity contribution is -0.240. The second-order valence-electron chi connectivity index (χ2n) is 2.97. The first-order valence-electron chi connectivity index (χ1n) is 3.94. The lowest BCUT2D eigenvalue weighted by Gasteiger charge is -2.23. The molecular weight excluding hydrogens is 235 g/mol. The highest BCUT2D eigenvalue weighted by Crippen LogP contribution is 2.42. The fourth-order valence-corrected chi connectivity index (χ4v) is 1.11. The molecule has 0 radical (unpaired) electrons. The molecule has 1 rings (SSSR count). The van der Waals surface area contributed by atoms with Crippen LogP contribution in [0, 0.1) is 5.82 Å². The normalized spacial score (nSPS) is 15.6. The predicted octanol–water partition coefficient (Wildman–Crippen LogP) is 2.64. The van der Waals surface area contributed by atoms with Crippen LogP contribution < -0.4 is 0 Å². The van der Waals surface area contributed by atoms with E-state index in [0.29, 0.717) is 6.07 Å². The average molecular weight is 240 g/mol. The molecule has 1 atom stereocenters. The van der Waals surface area contributed by atoms with Crippen LogP contribution in [0.5, 0.6) is 0 Å². The van der Waals surface area contributed by atoms with Gasteiger partial charge in [0.05, 0.1) is 0 Å². The molecule has 1 aromatic rings. The molecule has 0 spiro atoms. The van der Waals surface area contributed by atoms with Crippen LogP contribution in [0.4, 0.5) is 22.0 Å². The van der Waals surface area contributed by atoms with Crippen molar-refractivity contribution in [3.63, 3.8) is 0 Å². The minimum absolute atomic E-state index is 0.196. The molecule has 0 amide bonds. The average Bonchev–Trinajstić information content (AvgIpc) is 2.14. The number of carbonyl (C=O) groups is 1. The molecule has 0 aliphatic heterocycles. The van der Waals surface area contributed by atoms with Gasteiger partial charge in [0.25, 0.3) is 0 Å². The Hall–Kier alpha value is -1.66. The van der Waals surface area contributed by atoms with Gasteiger partial charge in [-0.05, 0) is 12.1 Å². The van der Waals surface area contributed by atoms with Gasteiger partial charge in [-0.1, -0.05) is 12.1 Å². The van der Waals surface area contributed by atoms with Crippen molar-refractivity contribution in [2.75, 3.05) is 0 Å². The Morgan fingerprint density at radius 3 is 2.12 bits per heavy atom. The number of hydrogen-bond acceptors (Lipinski definition) is 1. The Labute approximate surface area is 86.3 Å². The van der Waals surface area contributed by atoms with Gasteiger partial charge >= 0.3 is 17.8 Å². The number of aliphatic carboxylic acids is 1. The van der Waals surface area contributed by atoms with E-state index in [9.17, 15) is 26.7 Å². The molecule has 1 aromatic carbocycles. The molecule has 0 saturated heterocycles. The molecule has 2 nitrogen and oxygen atoms in total. The molecule has 1 N–H and O–H groups in total. The summed E-state index contributed by atoms with van der Waals surface area (Å²) in [7, 11) is 0. The molecule has 88 valence electrons. The smallest absolute Gasteiger partial charge is 0.437 e. The highest BCUT2D eigenvalue weighted by atomic mass is 19.4. The first-order chi connectivity index (χ1) is 7.19. The Balaban J connectivity index is 3.39. The summed E-state index contributed by atoms with van der Waals surface area (Å²) in [5.74, 6) is -3.88. The van der Waals surface area contributed by atoms with Crippen LogP contribution in [0.1, 0.15) is 5.56 Å². The van der Waals surface area contributed by atoms with Gasteiger partial charge in [-0.2, -0.15) is 13.2 Å². The minimum Gasteiger partial charge on any atom is -0.478 e. The maximum absolute atomic E-state index is 13.4. The summed E-state index contributed by atoms with van der Waals surface area (Å²) in [4.78, 5) is 10.4. The van der Waals surface area contributed by atoms with Crippen LogP contribution in [0.3, 0.4) is 0 Å². The number of hydrogen-bond donors (Lipinski definition) is 1. The molecule has 0 aromatic heterocycles. The Bertz CT molecular complexity index is 415.